The number of pyridine rings is 1. The van der Waals surface area contributed by atoms with Gasteiger partial charge >= 0.3 is 6.36 Å². The number of benzene rings is 1. The van der Waals surface area contributed by atoms with Gasteiger partial charge in [0.05, 0.1) is 26.3 Å². The van der Waals surface area contributed by atoms with Crippen molar-refractivity contribution < 1.29 is 37.0 Å². The van der Waals surface area contributed by atoms with Gasteiger partial charge in [0.2, 0.25) is 12.3 Å². The highest BCUT2D eigenvalue weighted by molar-refractivity contribution is 5.98. The zero-order valence-corrected chi connectivity index (χ0v) is 16.7. The number of aromatic nitrogens is 1. The molecule has 2 rings (SSSR count). The van der Waals surface area contributed by atoms with Crippen LogP contribution in [0.5, 0.6) is 11.5 Å². The van der Waals surface area contributed by atoms with Gasteiger partial charge in [-0.15, -0.1) is 13.2 Å². The van der Waals surface area contributed by atoms with Crippen molar-refractivity contribution in [2.24, 2.45) is 0 Å². The van der Waals surface area contributed by atoms with E-state index in [1.807, 2.05) is 0 Å². The Bertz CT molecular complexity index is 878. The Labute approximate surface area is 175 Å². The van der Waals surface area contributed by atoms with Gasteiger partial charge in [0.15, 0.2) is 5.82 Å². The predicted octanol–water partition coefficient (Wildman–Crippen LogP) is 2.47. The van der Waals surface area contributed by atoms with Gasteiger partial charge in [-0.1, -0.05) is 12.1 Å². The maximum Gasteiger partial charge on any atom is 0.573 e. The van der Waals surface area contributed by atoms with Gasteiger partial charge in [-0.2, -0.15) is 0 Å². The van der Waals surface area contributed by atoms with Crippen molar-refractivity contribution in [1.29, 1.82) is 0 Å². The van der Waals surface area contributed by atoms with Gasteiger partial charge in [0.1, 0.15) is 17.2 Å². The van der Waals surface area contributed by atoms with E-state index in [2.05, 4.69) is 25.7 Å². The number of carbonyl (C=O) groups is 2. The molecule has 0 spiro atoms. The summed E-state index contributed by atoms with van der Waals surface area (Å²) in [6, 6.07) is 6.24. The van der Waals surface area contributed by atoms with Crippen LogP contribution < -0.4 is 25.4 Å². The first-order chi connectivity index (χ1) is 14.8. The maximum atomic E-state index is 12.4. The monoisotopic (exact) mass is 442 g/mol. The van der Waals surface area contributed by atoms with Crippen LogP contribution in [0.1, 0.15) is 11.6 Å². The first kappa shape index (κ1) is 23.9. The number of alkyl halides is 3. The van der Waals surface area contributed by atoms with Crippen LogP contribution in [0.25, 0.3) is 0 Å². The van der Waals surface area contributed by atoms with Crippen molar-refractivity contribution in [3.8, 4) is 11.5 Å². The molecule has 168 valence electrons. The lowest BCUT2D eigenvalue weighted by Gasteiger charge is -2.19. The molecule has 0 fully saturated rings. The second-order valence-corrected chi connectivity index (χ2v) is 6.05. The number of halogens is 3. The van der Waals surface area contributed by atoms with Crippen molar-refractivity contribution in [2.75, 3.05) is 38.0 Å². The van der Waals surface area contributed by atoms with Crippen molar-refractivity contribution in [1.82, 2.24) is 10.3 Å². The average Bonchev–Trinajstić information content (AvgIpc) is 2.72. The molecule has 1 atom stereocenters. The highest BCUT2D eigenvalue weighted by Gasteiger charge is 2.31. The van der Waals surface area contributed by atoms with Crippen LogP contribution in [0.4, 0.5) is 24.7 Å². The standard InChI is InChI=1S/C19H21F3N4O5/c1-29-10-14(12-3-5-13(6-4-12)31-19(20,21)22)24-9-16(28)26-17-15(30-2)7-8-23-18(17)25-11-27/h3-8,11,14,24H,9-10H2,1-2H3,(H,26,28)(H,23,25,27). The number of amides is 2. The number of nitrogens with zero attached hydrogens (tertiary/aromatic N) is 1. The average molecular weight is 442 g/mol. The summed E-state index contributed by atoms with van der Waals surface area (Å²) < 4.78 is 51.1. The summed E-state index contributed by atoms with van der Waals surface area (Å²) in [5, 5.41) is 7.93. The maximum absolute atomic E-state index is 12.4. The fraction of sp³-hybridized carbons (Fsp3) is 0.316. The summed E-state index contributed by atoms with van der Waals surface area (Å²) in [6.07, 6.45) is -2.97. The molecule has 3 N–H and O–H groups in total. The van der Waals surface area contributed by atoms with E-state index >= 15 is 0 Å². The molecule has 2 aromatic rings. The van der Waals surface area contributed by atoms with Crippen LogP contribution in [-0.2, 0) is 14.3 Å². The van der Waals surface area contributed by atoms with E-state index in [1.54, 1.807) is 0 Å². The van der Waals surface area contributed by atoms with E-state index in [1.165, 1.54) is 50.7 Å². The lowest BCUT2D eigenvalue weighted by atomic mass is 10.1. The third kappa shape index (κ3) is 7.42. The highest BCUT2D eigenvalue weighted by atomic mass is 19.4. The van der Waals surface area contributed by atoms with Crippen molar-refractivity contribution >= 4 is 23.8 Å². The summed E-state index contributed by atoms with van der Waals surface area (Å²) >= 11 is 0. The molecule has 0 aliphatic carbocycles. The topological polar surface area (TPSA) is 111 Å². The highest BCUT2D eigenvalue weighted by Crippen LogP contribution is 2.30. The predicted molar refractivity (Wildman–Crippen MR) is 105 cm³/mol. The lowest BCUT2D eigenvalue weighted by Crippen LogP contribution is -2.33. The van der Waals surface area contributed by atoms with Crippen LogP contribution in [0.2, 0.25) is 0 Å². The molecule has 0 saturated heterocycles. The van der Waals surface area contributed by atoms with Gasteiger partial charge in [0, 0.05) is 19.4 Å². The minimum absolute atomic E-state index is 0.108. The fourth-order valence-corrected chi connectivity index (χ4v) is 2.64. The van der Waals surface area contributed by atoms with Crippen LogP contribution in [0.15, 0.2) is 36.5 Å². The van der Waals surface area contributed by atoms with E-state index in [0.717, 1.165) is 0 Å². The molecular weight excluding hydrogens is 421 g/mol. The molecule has 1 heterocycles. The Morgan fingerprint density at radius 3 is 2.48 bits per heavy atom. The number of carbonyl (C=O) groups excluding carboxylic acids is 2. The number of methoxy groups -OCH3 is 2. The quantitative estimate of drug-likeness (QED) is 0.459. The van der Waals surface area contributed by atoms with E-state index in [0.29, 0.717) is 17.7 Å². The third-order valence-corrected chi connectivity index (χ3v) is 3.95. The van der Waals surface area contributed by atoms with E-state index in [4.69, 9.17) is 9.47 Å². The molecule has 0 radical (unpaired) electrons. The molecule has 1 aromatic carbocycles. The normalized spacial score (nSPS) is 12.0. The molecular formula is C19H21F3N4O5. The Balaban J connectivity index is 2.05. The number of hydrogen-bond donors (Lipinski definition) is 3. The molecule has 1 unspecified atom stereocenters. The molecule has 12 heteroatoms. The molecule has 0 aliphatic heterocycles. The molecule has 0 aliphatic rings. The Hall–Kier alpha value is -3.38. The van der Waals surface area contributed by atoms with E-state index in [-0.39, 0.29) is 30.4 Å². The molecule has 31 heavy (non-hydrogen) atoms. The summed E-state index contributed by atoms with van der Waals surface area (Å²) in [6.45, 7) is -0.0195. The number of hydrogen-bond acceptors (Lipinski definition) is 7. The Kier molecular flexibility index (Phi) is 8.58. The molecule has 0 saturated carbocycles. The smallest absolute Gasteiger partial charge is 0.494 e. The largest absolute Gasteiger partial charge is 0.573 e. The number of ether oxygens (including phenoxy) is 3. The van der Waals surface area contributed by atoms with Crippen LogP contribution in [-0.4, -0.2) is 51.0 Å². The van der Waals surface area contributed by atoms with Gasteiger partial charge in [0.25, 0.3) is 0 Å². The minimum atomic E-state index is -4.78. The second kappa shape index (κ2) is 11.1. The van der Waals surface area contributed by atoms with Crippen molar-refractivity contribution in [3.63, 3.8) is 0 Å². The van der Waals surface area contributed by atoms with Crippen molar-refractivity contribution in [2.45, 2.75) is 12.4 Å². The number of nitrogens with one attached hydrogen (secondary N) is 3. The molecule has 0 bridgehead atoms. The van der Waals surface area contributed by atoms with Gasteiger partial charge < -0.3 is 24.8 Å². The van der Waals surface area contributed by atoms with Crippen molar-refractivity contribution in [3.05, 3.63) is 42.1 Å². The Morgan fingerprint density at radius 1 is 1.19 bits per heavy atom. The Morgan fingerprint density at radius 2 is 1.90 bits per heavy atom. The molecule has 1 aromatic heterocycles. The minimum Gasteiger partial charge on any atom is -0.494 e. The molecule has 9 nitrogen and oxygen atoms in total. The number of anilines is 2. The lowest BCUT2D eigenvalue weighted by molar-refractivity contribution is -0.274. The summed E-state index contributed by atoms with van der Waals surface area (Å²) in [4.78, 5) is 27.1. The zero-order valence-electron chi connectivity index (χ0n) is 16.7. The van der Waals surface area contributed by atoms with Crippen LogP contribution in [0, 0.1) is 0 Å². The third-order valence-electron chi connectivity index (χ3n) is 3.95. The van der Waals surface area contributed by atoms with Gasteiger partial charge in [-0.25, -0.2) is 4.98 Å². The molecule has 2 amide bonds. The summed E-state index contributed by atoms with van der Waals surface area (Å²) in [5.74, 6) is -0.430. The summed E-state index contributed by atoms with van der Waals surface area (Å²) in [7, 11) is 2.85. The summed E-state index contributed by atoms with van der Waals surface area (Å²) in [5.41, 5.74) is 0.771. The number of rotatable bonds is 11. The SMILES string of the molecule is COCC(NCC(=O)Nc1c(OC)ccnc1NC=O)c1ccc(OC(F)(F)F)cc1. The van der Waals surface area contributed by atoms with Crippen LogP contribution >= 0.6 is 0 Å². The van der Waals surface area contributed by atoms with Gasteiger partial charge in [-0.3, -0.25) is 14.9 Å². The van der Waals surface area contributed by atoms with Gasteiger partial charge in [-0.05, 0) is 17.7 Å². The first-order valence-corrected chi connectivity index (χ1v) is 8.88. The first-order valence-electron chi connectivity index (χ1n) is 8.88. The fourth-order valence-electron chi connectivity index (χ4n) is 2.64. The van der Waals surface area contributed by atoms with E-state index < -0.39 is 18.3 Å². The second-order valence-electron chi connectivity index (χ2n) is 6.05. The van der Waals surface area contributed by atoms with E-state index in [9.17, 15) is 22.8 Å². The zero-order chi connectivity index (χ0) is 22.9. The van der Waals surface area contributed by atoms with Crippen LogP contribution in [0.3, 0.4) is 0 Å².